The standard InChI is InChI=1S/C15H19BrN2O2S2/c1-4-13(5-2)18(3)22(19,20)14-10-21-15(17-14)11-6-8-12(16)9-7-11/h6-10,13H,4-5H2,1-3H3. The fourth-order valence-electron chi connectivity index (χ4n) is 2.25. The minimum Gasteiger partial charge on any atom is -0.223 e. The van der Waals surface area contributed by atoms with Crippen LogP contribution >= 0.6 is 27.3 Å². The average Bonchev–Trinajstić information content (AvgIpc) is 2.99. The smallest absolute Gasteiger partial charge is 0.223 e. The Morgan fingerprint density at radius 1 is 1.23 bits per heavy atom. The van der Waals surface area contributed by atoms with Gasteiger partial charge in [-0.1, -0.05) is 41.9 Å². The summed E-state index contributed by atoms with van der Waals surface area (Å²) in [5, 5.41) is 2.46. The molecule has 7 heteroatoms. The van der Waals surface area contributed by atoms with Gasteiger partial charge in [-0.15, -0.1) is 11.3 Å². The fraction of sp³-hybridized carbons (Fsp3) is 0.400. The monoisotopic (exact) mass is 402 g/mol. The Morgan fingerprint density at radius 3 is 2.36 bits per heavy atom. The number of nitrogens with zero attached hydrogens (tertiary/aromatic N) is 2. The summed E-state index contributed by atoms with van der Waals surface area (Å²) in [4.78, 5) is 4.33. The molecule has 0 fully saturated rings. The van der Waals surface area contributed by atoms with Gasteiger partial charge in [0.15, 0.2) is 5.03 Å². The normalized spacial score (nSPS) is 12.3. The van der Waals surface area contributed by atoms with Crippen LogP contribution in [-0.2, 0) is 10.0 Å². The third kappa shape index (κ3) is 3.59. The van der Waals surface area contributed by atoms with Gasteiger partial charge < -0.3 is 0 Å². The van der Waals surface area contributed by atoms with Gasteiger partial charge in [0.25, 0.3) is 10.0 Å². The molecule has 0 N–H and O–H groups in total. The molecule has 0 aliphatic carbocycles. The molecule has 2 aromatic rings. The van der Waals surface area contributed by atoms with Gasteiger partial charge in [0.1, 0.15) is 5.01 Å². The van der Waals surface area contributed by atoms with Crippen molar-refractivity contribution in [1.82, 2.24) is 9.29 Å². The van der Waals surface area contributed by atoms with Gasteiger partial charge >= 0.3 is 0 Å². The Labute approximate surface area is 144 Å². The first-order valence-corrected chi connectivity index (χ1v) is 10.2. The number of rotatable bonds is 6. The number of benzene rings is 1. The van der Waals surface area contributed by atoms with Crippen LogP contribution in [0.5, 0.6) is 0 Å². The highest BCUT2D eigenvalue weighted by atomic mass is 79.9. The minimum atomic E-state index is -3.53. The lowest BCUT2D eigenvalue weighted by Crippen LogP contribution is -2.36. The van der Waals surface area contributed by atoms with E-state index < -0.39 is 10.0 Å². The fourth-order valence-corrected chi connectivity index (χ4v) is 5.08. The Hall–Kier alpha value is -0.760. The molecule has 4 nitrogen and oxygen atoms in total. The van der Waals surface area contributed by atoms with Gasteiger partial charge in [-0.25, -0.2) is 13.4 Å². The maximum atomic E-state index is 12.7. The molecule has 0 saturated heterocycles. The van der Waals surface area contributed by atoms with E-state index in [1.54, 1.807) is 12.4 Å². The Morgan fingerprint density at radius 2 is 1.82 bits per heavy atom. The lowest BCUT2D eigenvalue weighted by molar-refractivity contribution is 0.349. The molecule has 0 bridgehead atoms. The predicted molar refractivity (Wildman–Crippen MR) is 94.6 cm³/mol. The third-order valence-corrected chi connectivity index (χ3v) is 7.04. The molecule has 0 amide bonds. The summed E-state index contributed by atoms with van der Waals surface area (Å²) in [6, 6.07) is 7.68. The SMILES string of the molecule is CCC(CC)N(C)S(=O)(=O)c1csc(-c2ccc(Br)cc2)n1. The first-order chi connectivity index (χ1) is 10.4. The van der Waals surface area contributed by atoms with Crippen molar-refractivity contribution >= 4 is 37.3 Å². The molecule has 0 unspecified atom stereocenters. The van der Waals surface area contributed by atoms with Gasteiger partial charge in [0, 0.05) is 28.5 Å². The van der Waals surface area contributed by atoms with Gasteiger partial charge in [-0.05, 0) is 25.0 Å². The van der Waals surface area contributed by atoms with E-state index in [9.17, 15) is 8.42 Å². The maximum absolute atomic E-state index is 12.7. The van der Waals surface area contributed by atoms with Crippen LogP contribution in [-0.4, -0.2) is 30.8 Å². The van der Waals surface area contributed by atoms with E-state index in [2.05, 4.69) is 20.9 Å². The van der Waals surface area contributed by atoms with E-state index in [1.807, 2.05) is 38.1 Å². The lowest BCUT2D eigenvalue weighted by Gasteiger charge is -2.24. The quantitative estimate of drug-likeness (QED) is 0.719. The predicted octanol–water partition coefficient (Wildman–Crippen LogP) is 4.38. The molecule has 0 aliphatic rings. The molecule has 0 saturated carbocycles. The summed E-state index contributed by atoms with van der Waals surface area (Å²) in [5.41, 5.74) is 0.917. The van der Waals surface area contributed by atoms with E-state index in [1.165, 1.54) is 15.6 Å². The number of hydrogen-bond donors (Lipinski definition) is 0. The first kappa shape index (κ1) is 17.6. The van der Waals surface area contributed by atoms with Crippen LogP contribution < -0.4 is 0 Å². The van der Waals surface area contributed by atoms with E-state index >= 15 is 0 Å². The molecule has 120 valence electrons. The molecular formula is C15H19BrN2O2S2. The summed E-state index contributed by atoms with van der Waals surface area (Å²) in [5.74, 6) is 0. The van der Waals surface area contributed by atoms with Crippen molar-refractivity contribution in [2.24, 2.45) is 0 Å². The van der Waals surface area contributed by atoms with Crippen LogP contribution in [0.25, 0.3) is 10.6 Å². The number of sulfonamides is 1. The molecule has 0 radical (unpaired) electrons. The van der Waals surface area contributed by atoms with Crippen LogP contribution in [0, 0.1) is 0 Å². The number of aromatic nitrogens is 1. The molecule has 0 aliphatic heterocycles. The van der Waals surface area contributed by atoms with Crippen molar-refractivity contribution in [3.05, 3.63) is 34.1 Å². The zero-order valence-electron chi connectivity index (χ0n) is 12.8. The van der Waals surface area contributed by atoms with Gasteiger partial charge in [-0.3, -0.25) is 0 Å². The second-order valence-electron chi connectivity index (χ2n) is 4.99. The molecule has 1 aromatic heterocycles. The highest BCUT2D eigenvalue weighted by Gasteiger charge is 2.28. The van der Waals surface area contributed by atoms with E-state index in [4.69, 9.17) is 0 Å². The minimum absolute atomic E-state index is 0.00262. The lowest BCUT2D eigenvalue weighted by atomic mass is 10.2. The van der Waals surface area contributed by atoms with Crippen molar-refractivity contribution in [2.45, 2.75) is 37.8 Å². The first-order valence-electron chi connectivity index (χ1n) is 7.09. The maximum Gasteiger partial charge on any atom is 0.261 e. The zero-order valence-corrected chi connectivity index (χ0v) is 16.0. The molecule has 2 rings (SSSR count). The Balaban J connectivity index is 2.32. The summed E-state index contributed by atoms with van der Waals surface area (Å²) >= 11 is 4.73. The number of thiazole rings is 1. The van der Waals surface area contributed by atoms with Crippen LogP contribution in [0.1, 0.15) is 26.7 Å². The summed E-state index contributed by atoms with van der Waals surface area (Å²) in [6.07, 6.45) is 1.58. The third-order valence-electron chi connectivity index (χ3n) is 3.67. The summed E-state index contributed by atoms with van der Waals surface area (Å²) in [6.45, 7) is 3.99. The summed E-state index contributed by atoms with van der Waals surface area (Å²) in [7, 11) is -1.90. The molecule has 1 heterocycles. The van der Waals surface area contributed by atoms with Crippen LogP contribution in [0.3, 0.4) is 0 Å². The average molecular weight is 403 g/mol. The second-order valence-corrected chi connectivity index (χ2v) is 8.71. The van der Waals surface area contributed by atoms with Crippen LogP contribution in [0.2, 0.25) is 0 Å². The topological polar surface area (TPSA) is 50.3 Å². The zero-order chi connectivity index (χ0) is 16.3. The van der Waals surface area contributed by atoms with Crippen molar-refractivity contribution in [1.29, 1.82) is 0 Å². The van der Waals surface area contributed by atoms with E-state index in [-0.39, 0.29) is 11.1 Å². The van der Waals surface area contributed by atoms with Crippen LogP contribution in [0.15, 0.2) is 39.1 Å². The van der Waals surface area contributed by atoms with Gasteiger partial charge in [-0.2, -0.15) is 4.31 Å². The Bertz CT molecular complexity index is 722. The molecule has 0 spiro atoms. The van der Waals surface area contributed by atoms with E-state index in [0.717, 1.165) is 22.9 Å². The van der Waals surface area contributed by atoms with E-state index in [0.29, 0.717) is 5.01 Å². The molecule has 0 atom stereocenters. The van der Waals surface area contributed by atoms with Gasteiger partial charge in [0.05, 0.1) is 0 Å². The Kier molecular flexibility index (Phi) is 5.76. The highest BCUT2D eigenvalue weighted by Crippen LogP contribution is 2.28. The second kappa shape index (κ2) is 7.21. The number of halogens is 1. The summed E-state index contributed by atoms with van der Waals surface area (Å²) < 4.78 is 27.7. The highest BCUT2D eigenvalue weighted by molar-refractivity contribution is 9.10. The van der Waals surface area contributed by atoms with Crippen molar-refractivity contribution in [2.75, 3.05) is 7.05 Å². The van der Waals surface area contributed by atoms with Crippen molar-refractivity contribution in [3.8, 4) is 10.6 Å². The number of hydrogen-bond acceptors (Lipinski definition) is 4. The van der Waals surface area contributed by atoms with Crippen molar-refractivity contribution in [3.63, 3.8) is 0 Å². The molecule has 22 heavy (non-hydrogen) atoms. The largest absolute Gasteiger partial charge is 0.261 e. The molecular weight excluding hydrogens is 384 g/mol. The van der Waals surface area contributed by atoms with Crippen molar-refractivity contribution < 1.29 is 8.42 Å². The van der Waals surface area contributed by atoms with Gasteiger partial charge in [0.2, 0.25) is 0 Å². The molecule has 1 aromatic carbocycles. The van der Waals surface area contributed by atoms with Crippen LogP contribution in [0.4, 0.5) is 0 Å².